The predicted molar refractivity (Wildman–Crippen MR) is 73.8 cm³/mol. The van der Waals surface area contributed by atoms with E-state index in [9.17, 15) is 9.59 Å². The van der Waals surface area contributed by atoms with E-state index in [1.807, 2.05) is 25.1 Å². The van der Waals surface area contributed by atoms with Crippen molar-refractivity contribution in [1.29, 1.82) is 0 Å². The van der Waals surface area contributed by atoms with Gasteiger partial charge in [-0.2, -0.15) is 5.10 Å². The van der Waals surface area contributed by atoms with Crippen molar-refractivity contribution in [3.63, 3.8) is 0 Å². The molecule has 0 bridgehead atoms. The summed E-state index contributed by atoms with van der Waals surface area (Å²) >= 11 is 0. The second-order valence-electron chi connectivity index (χ2n) is 4.71. The summed E-state index contributed by atoms with van der Waals surface area (Å²) in [6.07, 6.45) is 1.91. The molecule has 1 aromatic rings. The molecule has 0 saturated heterocycles. The lowest BCUT2D eigenvalue weighted by molar-refractivity contribution is -0.122. The van der Waals surface area contributed by atoms with Crippen molar-refractivity contribution in [2.75, 3.05) is 5.32 Å². The molecule has 0 radical (unpaired) electrons. The van der Waals surface area contributed by atoms with E-state index in [1.165, 1.54) is 6.92 Å². The number of benzene rings is 1. The Morgan fingerprint density at radius 3 is 2.63 bits per heavy atom. The van der Waals surface area contributed by atoms with Crippen molar-refractivity contribution >= 4 is 23.2 Å². The highest BCUT2D eigenvalue weighted by Gasteiger charge is 2.29. The van der Waals surface area contributed by atoms with Crippen molar-refractivity contribution in [2.45, 2.75) is 26.7 Å². The smallest absolute Gasteiger partial charge is 0.243 e. The van der Waals surface area contributed by atoms with Crippen molar-refractivity contribution in [1.82, 2.24) is 5.43 Å². The van der Waals surface area contributed by atoms with Gasteiger partial charge in [0.2, 0.25) is 11.8 Å². The van der Waals surface area contributed by atoms with E-state index in [2.05, 4.69) is 15.8 Å². The zero-order chi connectivity index (χ0) is 13.8. The van der Waals surface area contributed by atoms with Gasteiger partial charge in [-0.25, -0.2) is 5.43 Å². The van der Waals surface area contributed by atoms with E-state index in [-0.39, 0.29) is 17.7 Å². The topological polar surface area (TPSA) is 70.6 Å². The Hall–Kier alpha value is -2.17. The molecule has 0 unspecified atom stereocenters. The number of nitrogens with one attached hydrogen (secondary N) is 2. The Morgan fingerprint density at radius 1 is 1.26 bits per heavy atom. The van der Waals surface area contributed by atoms with Crippen LogP contribution in [-0.2, 0) is 9.59 Å². The molecule has 1 aromatic carbocycles. The van der Waals surface area contributed by atoms with Gasteiger partial charge in [0, 0.05) is 18.5 Å². The van der Waals surface area contributed by atoms with Crippen LogP contribution < -0.4 is 10.7 Å². The summed E-state index contributed by atoms with van der Waals surface area (Å²) in [4.78, 5) is 22.5. The van der Waals surface area contributed by atoms with Crippen molar-refractivity contribution in [2.24, 2.45) is 11.0 Å². The molecule has 5 nitrogen and oxygen atoms in total. The average Bonchev–Trinajstić information content (AvgIpc) is 3.19. The first-order valence-electron chi connectivity index (χ1n) is 6.28. The number of anilines is 1. The Kier molecular flexibility index (Phi) is 3.94. The molecular weight excluding hydrogens is 242 g/mol. The number of amides is 2. The summed E-state index contributed by atoms with van der Waals surface area (Å²) in [6.45, 7) is 3.28. The molecule has 0 atom stereocenters. The third kappa shape index (κ3) is 3.91. The van der Waals surface area contributed by atoms with Crippen LogP contribution >= 0.6 is 0 Å². The van der Waals surface area contributed by atoms with Gasteiger partial charge in [0.05, 0.1) is 5.71 Å². The summed E-state index contributed by atoms with van der Waals surface area (Å²) in [5.41, 5.74) is 4.85. The molecule has 1 aliphatic rings. The van der Waals surface area contributed by atoms with E-state index < -0.39 is 0 Å². The average molecular weight is 259 g/mol. The van der Waals surface area contributed by atoms with Crippen LogP contribution in [0.1, 0.15) is 32.3 Å². The Morgan fingerprint density at radius 2 is 2.00 bits per heavy atom. The SMILES string of the molecule is CC(=O)Nc1cccc(/C(C)=N\NC(=O)C2CC2)c1. The molecular formula is C14H17N3O2. The summed E-state index contributed by atoms with van der Waals surface area (Å²) in [6, 6.07) is 7.35. The molecule has 5 heteroatoms. The van der Waals surface area contributed by atoms with E-state index in [0.717, 1.165) is 18.4 Å². The van der Waals surface area contributed by atoms with Gasteiger partial charge in [0.15, 0.2) is 0 Å². The molecule has 1 fully saturated rings. The van der Waals surface area contributed by atoms with Crippen molar-refractivity contribution in [3.05, 3.63) is 29.8 Å². The highest BCUT2D eigenvalue weighted by atomic mass is 16.2. The monoisotopic (exact) mass is 259 g/mol. The van der Waals surface area contributed by atoms with Gasteiger partial charge in [-0.1, -0.05) is 12.1 Å². The maximum atomic E-state index is 11.5. The molecule has 0 aromatic heterocycles. The lowest BCUT2D eigenvalue weighted by atomic mass is 10.1. The number of carbonyl (C=O) groups excluding carboxylic acids is 2. The highest BCUT2D eigenvalue weighted by molar-refractivity contribution is 6.01. The molecule has 2 N–H and O–H groups in total. The van der Waals surface area contributed by atoms with Crippen LogP contribution in [0, 0.1) is 5.92 Å². The Labute approximate surface area is 112 Å². The Balaban J connectivity index is 2.04. The van der Waals surface area contributed by atoms with Gasteiger partial charge in [0.1, 0.15) is 0 Å². The summed E-state index contributed by atoms with van der Waals surface area (Å²) in [7, 11) is 0. The quantitative estimate of drug-likeness (QED) is 0.640. The van der Waals surface area contributed by atoms with Gasteiger partial charge in [0.25, 0.3) is 0 Å². The lowest BCUT2D eigenvalue weighted by Crippen LogP contribution is -2.20. The minimum atomic E-state index is -0.117. The zero-order valence-electron chi connectivity index (χ0n) is 11.1. The highest BCUT2D eigenvalue weighted by Crippen LogP contribution is 2.28. The standard InChI is InChI=1S/C14H17N3O2/c1-9(16-17-14(19)11-6-7-11)12-4-3-5-13(8-12)15-10(2)18/h3-5,8,11H,6-7H2,1-2H3,(H,15,18)(H,17,19)/b16-9-. The number of carbonyl (C=O) groups is 2. The van der Waals surface area contributed by atoms with E-state index >= 15 is 0 Å². The fourth-order valence-electron chi connectivity index (χ4n) is 1.67. The number of hydrazone groups is 1. The largest absolute Gasteiger partial charge is 0.326 e. The maximum absolute atomic E-state index is 11.5. The summed E-state index contributed by atoms with van der Waals surface area (Å²) in [5.74, 6) is 0.00778. The molecule has 0 aliphatic heterocycles. The van der Waals surface area contributed by atoms with Gasteiger partial charge < -0.3 is 5.32 Å². The van der Waals surface area contributed by atoms with Crippen LogP contribution in [0.5, 0.6) is 0 Å². The minimum Gasteiger partial charge on any atom is -0.326 e. The summed E-state index contributed by atoms with van der Waals surface area (Å²) < 4.78 is 0. The van der Waals surface area contributed by atoms with E-state index in [1.54, 1.807) is 6.07 Å². The van der Waals surface area contributed by atoms with Crippen LogP contribution in [0.4, 0.5) is 5.69 Å². The fraction of sp³-hybridized carbons (Fsp3) is 0.357. The molecule has 2 amide bonds. The Bertz CT molecular complexity index is 533. The number of hydrogen-bond acceptors (Lipinski definition) is 3. The van der Waals surface area contributed by atoms with E-state index in [4.69, 9.17) is 0 Å². The zero-order valence-corrected chi connectivity index (χ0v) is 11.1. The van der Waals surface area contributed by atoms with Crippen LogP contribution in [0.25, 0.3) is 0 Å². The predicted octanol–water partition coefficient (Wildman–Crippen LogP) is 1.90. The van der Waals surface area contributed by atoms with Crippen molar-refractivity contribution in [3.8, 4) is 0 Å². The summed E-state index contributed by atoms with van der Waals surface area (Å²) in [5, 5.41) is 6.79. The molecule has 1 saturated carbocycles. The van der Waals surface area contributed by atoms with Crippen LogP contribution in [-0.4, -0.2) is 17.5 Å². The molecule has 100 valence electrons. The lowest BCUT2D eigenvalue weighted by Gasteiger charge is -2.06. The third-order valence-electron chi connectivity index (χ3n) is 2.88. The van der Waals surface area contributed by atoms with E-state index in [0.29, 0.717) is 11.4 Å². The van der Waals surface area contributed by atoms with Gasteiger partial charge in [-0.3, -0.25) is 9.59 Å². The second kappa shape index (κ2) is 5.65. The molecule has 1 aliphatic carbocycles. The van der Waals surface area contributed by atoms with Gasteiger partial charge in [-0.15, -0.1) is 0 Å². The number of nitrogens with zero attached hydrogens (tertiary/aromatic N) is 1. The van der Waals surface area contributed by atoms with Gasteiger partial charge in [-0.05, 0) is 37.5 Å². The number of rotatable bonds is 4. The molecule has 2 rings (SSSR count). The first-order chi connectivity index (χ1) is 9.06. The fourth-order valence-corrected chi connectivity index (χ4v) is 1.67. The van der Waals surface area contributed by atoms with Crippen molar-refractivity contribution < 1.29 is 9.59 Å². The first-order valence-corrected chi connectivity index (χ1v) is 6.28. The van der Waals surface area contributed by atoms with Crippen LogP contribution in [0.3, 0.4) is 0 Å². The second-order valence-corrected chi connectivity index (χ2v) is 4.71. The molecule has 0 heterocycles. The normalized spacial score (nSPS) is 14.9. The molecule has 19 heavy (non-hydrogen) atoms. The first kappa shape index (κ1) is 13.3. The van der Waals surface area contributed by atoms with Gasteiger partial charge >= 0.3 is 0 Å². The minimum absolute atomic E-state index is 0.0163. The molecule has 0 spiro atoms. The number of hydrogen-bond donors (Lipinski definition) is 2. The van der Waals surface area contributed by atoms with Crippen LogP contribution in [0.2, 0.25) is 0 Å². The maximum Gasteiger partial charge on any atom is 0.243 e. The van der Waals surface area contributed by atoms with Crippen LogP contribution in [0.15, 0.2) is 29.4 Å². The third-order valence-corrected chi connectivity index (χ3v) is 2.88.